The van der Waals surface area contributed by atoms with Crippen molar-refractivity contribution in [3.63, 3.8) is 0 Å². The van der Waals surface area contributed by atoms with Gasteiger partial charge in [-0.1, -0.05) is 38.1 Å². The quantitative estimate of drug-likeness (QED) is 0.333. The van der Waals surface area contributed by atoms with Crippen molar-refractivity contribution in [2.75, 3.05) is 12.4 Å². The van der Waals surface area contributed by atoms with E-state index in [0.717, 1.165) is 22.7 Å². The number of nitrogens with one attached hydrogen (secondary N) is 1. The van der Waals surface area contributed by atoms with Crippen LogP contribution in [0.15, 0.2) is 53.4 Å². The molecule has 4 aromatic rings. The fourth-order valence-corrected chi connectivity index (χ4v) is 5.18. The first-order valence-electron chi connectivity index (χ1n) is 12.3. The van der Waals surface area contributed by atoms with E-state index in [0.29, 0.717) is 23.2 Å². The number of hydrogen-bond donors (Lipinski definition) is 2. The summed E-state index contributed by atoms with van der Waals surface area (Å²) in [4.78, 5) is 22.2. The van der Waals surface area contributed by atoms with E-state index >= 15 is 0 Å². The number of fused-ring (bicyclic) bond motifs is 1. The maximum atomic E-state index is 13.0. The molecule has 200 valence electrons. The first kappa shape index (κ1) is 27.3. The number of rotatable bonds is 9. The Morgan fingerprint density at radius 2 is 1.79 bits per heavy atom. The predicted octanol–water partition coefficient (Wildman–Crippen LogP) is 3.07. The van der Waals surface area contributed by atoms with Crippen LogP contribution in [-0.2, 0) is 21.8 Å². The second kappa shape index (κ2) is 10.6. The van der Waals surface area contributed by atoms with Gasteiger partial charge in [0.1, 0.15) is 11.3 Å². The number of carbonyl (C=O) groups excluding carboxylic acids is 1. The van der Waals surface area contributed by atoms with Gasteiger partial charge in [-0.25, -0.2) is 23.1 Å². The first-order valence-corrected chi connectivity index (χ1v) is 14.0. The molecule has 1 atom stereocenters. The zero-order valence-corrected chi connectivity index (χ0v) is 23.0. The zero-order chi connectivity index (χ0) is 27.7. The van der Waals surface area contributed by atoms with Crippen LogP contribution in [0.1, 0.15) is 59.9 Å². The van der Waals surface area contributed by atoms with Gasteiger partial charge in [0.25, 0.3) is 5.91 Å². The van der Waals surface area contributed by atoms with E-state index in [9.17, 15) is 18.3 Å². The summed E-state index contributed by atoms with van der Waals surface area (Å²) in [5, 5.41) is 21.3. The molecular formula is C27H32N6O4S. The zero-order valence-electron chi connectivity index (χ0n) is 22.1. The summed E-state index contributed by atoms with van der Waals surface area (Å²) < 4.78 is 25.9. The summed E-state index contributed by atoms with van der Waals surface area (Å²) in [7, 11) is -3.33. The fraction of sp³-hybridized carbons (Fsp3) is 0.370. The summed E-state index contributed by atoms with van der Waals surface area (Å²) in [5.41, 5.74) is 3.80. The number of amides is 1. The Labute approximate surface area is 222 Å². The molecule has 1 amide bonds. The van der Waals surface area contributed by atoms with Crippen LogP contribution >= 0.6 is 0 Å². The number of carbonyl (C=O) groups is 1. The topological polar surface area (TPSA) is 140 Å². The summed E-state index contributed by atoms with van der Waals surface area (Å²) >= 11 is 0. The predicted molar refractivity (Wildman–Crippen MR) is 144 cm³/mol. The number of nitrogens with zero attached hydrogens (tertiary/aromatic N) is 5. The van der Waals surface area contributed by atoms with E-state index < -0.39 is 21.8 Å². The Kier molecular flexibility index (Phi) is 7.61. The fourth-order valence-electron chi connectivity index (χ4n) is 4.30. The summed E-state index contributed by atoms with van der Waals surface area (Å²) in [5.74, 6) is 0.324. The minimum Gasteiger partial charge on any atom is -0.394 e. The van der Waals surface area contributed by atoms with Gasteiger partial charge in [0.2, 0.25) is 0 Å². The lowest BCUT2D eigenvalue weighted by Crippen LogP contribution is -2.30. The molecule has 2 aromatic heterocycles. The molecule has 11 heteroatoms. The van der Waals surface area contributed by atoms with Crippen LogP contribution < -0.4 is 5.32 Å². The van der Waals surface area contributed by atoms with E-state index in [4.69, 9.17) is 0 Å². The first-order chi connectivity index (χ1) is 17.9. The highest BCUT2D eigenvalue weighted by Crippen LogP contribution is 2.26. The van der Waals surface area contributed by atoms with Crippen molar-refractivity contribution < 1.29 is 18.3 Å². The van der Waals surface area contributed by atoms with Crippen LogP contribution in [0.2, 0.25) is 0 Å². The summed E-state index contributed by atoms with van der Waals surface area (Å²) in [6.45, 7) is 9.75. The molecule has 0 spiro atoms. The Balaban J connectivity index is 1.52. The lowest BCUT2D eigenvalue weighted by atomic mass is 9.88. The Bertz CT molecular complexity index is 1560. The Hall–Kier alpha value is -3.70. The molecule has 2 N–H and O–H groups in total. The lowest BCUT2D eigenvalue weighted by molar-refractivity contribution is 0.0916. The molecule has 2 heterocycles. The average molecular weight is 537 g/mol. The highest BCUT2D eigenvalue weighted by molar-refractivity contribution is 7.91. The molecule has 1 unspecified atom stereocenters. The molecule has 4 rings (SSSR count). The third-order valence-electron chi connectivity index (χ3n) is 6.49. The van der Waals surface area contributed by atoms with E-state index in [2.05, 4.69) is 39.4 Å². The van der Waals surface area contributed by atoms with Crippen molar-refractivity contribution in [2.24, 2.45) is 0 Å². The minimum atomic E-state index is -3.33. The summed E-state index contributed by atoms with van der Waals surface area (Å²) in [6, 6.07) is 12.6. The molecule has 0 saturated heterocycles. The second-order valence-electron chi connectivity index (χ2n) is 9.96. The monoisotopic (exact) mass is 536 g/mol. The molecular weight excluding hydrogens is 504 g/mol. The number of benzene rings is 2. The number of aromatic nitrogens is 5. The molecule has 0 fully saturated rings. The number of aliphatic hydroxyl groups is 1. The van der Waals surface area contributed by atoms with Crippen molar-refractivity contribution in [3.05, 3.63) is 76.9 Å². The molecule has 0 aliphatic heterocycles. The van der Waals surface area contributed by atoms with Gasteiger partial charge in [-0.3, -0.25) is 4.79 Å². The SMILES string of the molecule is CCS(=O)(=O)c1ccc(C(CO)NC(=O)c2ccc3c(c2)nnn3CC(C)(C)c2cc(C)nc(C)n2)cc1. The Morgan fingerprint density at radius 3 is 2.42 bits per heavy atom. The van der Waals surface area contributed by atoms with Crippen LogP contribution in [0.25, 0.3) is 11.0 Å². The van der Waals surface area contributed by atoms with Crippen molar-refractivity contribution in [3.8, 4) is 0 Å². The van der Waals surface area contributed by atoms with E-state index in [-0.39, 0.29) is 22.7 Å². The van der Waals surface area contributed by atoms with Crippen LogP contribution in [0.3, 0.4) is 0 Å². The van der Waals surface area contributed by atoms with Crippen molar-refractivity contribution in [2.45, 2.75) is 57.5 Å². The van der Waals surface area contributed by atoms with Gasteiger partial charge in [-0.15, -0.1) is 5.10 Å². The highest BCUT2D eigenvalue weighted by atomic mass is 32.2. The van der Waals surface area contributed by atoms with Crippen molar-refractivity contribution in [1.82, 2.24) is 30.3 Å². The number of hydrogen-bond acceptors (Lipinski definition) is 8. The highest BCUT2D eigenvalue weighted by Gasteiger charge is 2.26. The van der Waals surface area contributed by atoms with Crippen molar-refractivity contribution in [1.29, 1.82) is 0 Å². The Morgan fingerprint density at radius 1 is 1.08 bits per heavy atom. The maximum absolute atomic E-state index is 13.0. The van der Waals surface area contributed by atoms with Gasteiger partial charge in [0, 0.05) is 16.7 Å². The maximum Gasteiger partial charge on any atom is 0.251 e. The van der Waals surface area contributed by atoms with E-state index in [1.54, 1.807) is 41.9 Å². The van der Waals surface area contributed by atoms with Crippen LogP contribution in [0, 0.1) is 13.8 Å². The molecule has 0 bridgehead atoms. The second-order valence-corrected chi connectivity index (χ2v) is 12.2. The number of aryl methyl sites for hydroxylation is 2. The van der Waals surface area contributed by atoms with Gasteiger partial charge >= 0.3 is 0 Å². The molecule has 0 saturated carbocycles. The molecule has 38 heavy (non-hydrogen) atoms. The van der Waals surface area contributed by atoms with Crippen LogP contribution in [0.4, 0.5) is 0 Å². The number of sulfone groups is 1. The third-order valence-corrected chi connectivity index (χ3v) is 8.24. The van der Waals surface area contributed by atoms with Crippen LogP contribution in [0.5, 0.6) is 0 Å². The normalized spacial score (nSPS) is 13.0. The van der Waals surface area contributed by atoms with Gasteiger partial charge < -0.3 is 10.4 Å². The minimum absolute atomic E-state index is 0.00291. The van der Waals surface area contributed by atoms with Gasteiger partial charge in [0.15, 0.2) is 9.84 Å². The average Bonchev–Trinajstić information content (AvgIpc) is 3.28. The molecule has 0 aliphatic rings. The largest absolute Gasteiger partial charge is 0.394 e. The lowest BCUT2D eigenvalue weighted by Gasteiger charge is -2.24. The smallest absolute Gasteiger partial charge is 0.251 e. The molecule has 0 radical (unpaired) electrons. The van der Waals surface area contributed by atoms with Crippen molar-refractivity contribution >= 4 is 26.8 Å². The van der Waals surface area contributed by atoms with Crippen LogP contribution in [-0.4, -0.2) is 56.8 Å². The van der Waals surface area contributed by atoms with E-state index in [1.165, 1.54) is 12.1 Å². The van der Waals surface area contributed by atoms with Gasteiger partial charge in [-0.2, -0.15) is 0 Å². The van der Waals surface area contributed by atoms with E-state index in [1.807, 2.05) is 19.9 Å². The standard InChI is InChI=1S/C27H32N6O4S/c1-6-38(36,37)21-10-7-19(8-11-21)23(15-34)30-26(35)20-9-12-24-22(14-20)31-32-33(24)16-27(4,5)25-13-17(2)28-18(3)29-25/h7-14,23,34H,6,15-16H2,1-5H3,(H,30,35). The van der Waals surface area contributed by atoms with Gasteiger partial charge in [0.05, 0.1) is 41.1 Å². The third kappa shape index (κ3) is 5.73. The molecule has 10 nitrogen and oxygen atoms in total. The summed E-state index contributed by atoms with van der Waals surface area (Å²) in [6.07, 6.45) is 0. The van der Waals surface area contributed by atoms with Gasteiger partial charge in [-0.05, 0) is 55.8 Å². The number of aliphatic hydroxyl groups excluding tert-OH is 1. The molecule has 2 aromatic carbocycles. The molecule has 0 aliphatic carbocycles.